The van der Waals surface area contributed by atoms with Crippen molar-refractivity contribution < 1.29 is 19.2 Å². The monoisotopic (exact) mass is 801 g/mol. The van der Waals surface area contributed by atoms with E-state index in [1.165, 1.54) is 10.1 Å². The van der Waals surface area contributed by atoms with Crippen LogP contribution in [-0.2, 0) is 9.59 Å². The minimum absolute atomic E-state index is 0.0668. The van der Waals surface area contributed by atoms with E-state index in [2.05, 4.69) is 48.5 Å². The van der Waals surface area contributed by atoms with Crippen molar-refractivity contribution in [1.82, 2.24) is 34.6 Å². The molecular weight excluding hydrogens is 751 g/mol. The summed E-state index contributed by atoms with van der Waals surface area (Å²) in [6, 6.07) is 15.6. The van der Waals surface area contributed by atoms with Crippen molar-refractivity contribution in [3.05, 3.63) is 82.5 Å². The first kappa shape index (κ1) is 38.5. The number of hydrogen-bond donors (Lipinski definition) is 3. The Hall–Kier alpha value is -6.03. The van der Waals surface area contributed by atoms with E-state index in [1.54, 1.807) is 17.3 Å². The highest BCUT2D eigenvalue weighted by atomic mass is 16.2. The lowest BCUT2D eigenvalue weighted by Gasteiger charge is -2.44. The molecular formula is C43H51N11O5. The number of likely N-dealkylation sites (N-methyl/N-ethyl adjacent to an activating group) is 1. The number of carbonyl (C=O) groups is 4. The van der Waals surface area contributed by atoms with Crippen LogP contribution in [0.1, 0.15) is 66.5 Å². The van der Waals surface area contributed by atoms with Crippen molar-refractivity contribution in [3.63, 3.8) is 0 Å². The van der Waals surface area contributed by atoms with Crippen LogP contribution in [0.15, 0.2) is 65.7 Å². The summed E-state index contributed by atoms with van der Waals surface area (Å²) in [5.41, 5.74) is 8.77. The number of hydrogen-bond acceptors (Lipinski definition) is 11. The number of amides is 5. The highest BCUT2D eigenvalue weighted by Crippen LogP contribution is 2.33. The zero-order valence-electron chi connectivity index (χ0n) is 33.4. The summed E-state index contributed by atoms with van der Waals surface area (Å²) in [4.78, 5) is 82.3. The molecule has 0 radical (unpaired) electrons. The third kappa shape index (κ3) is 7.80. The average Bonchev–Trinajstić information content (AvgIpc) is 3.56. The molecule has 4 N–H and O–H groups in total. The molecule has 5 amide bonds. The van der Waals surface area contributed by atoms with Crippen molar-refractivity contribution in [2.45, 2.75) is 56.5 Å². The lowest BCUT2D eigenvalue weighted by Crippen LogP contribution is -2.52. The molecule has 2 aromatic heterocycles. The zero-order chi connectivity index (χ0) is 40.8. The fourth-order valence-corrected chi connectivity index (χ4v) is 9.55. The normalized spacial score (nSPS) is 22.2. The molecule has 0 saturated carbocycles. The first-order valence-corrected chi connectivity index (χ1v) is 20.8. The molecule has 5 saturated heterocycles. The van der Waals surface area contributed by atoms with Gasteiger partial charge in [-0.05, 0) is 98.5 Å². The van der Waals surface area contributed by atoms with E-state index in [1.807, 2.05) is 42.3 Å². The van der Waals surface area contributed by atoms with Crippen LogP contribution >= 0.6 is 0 Å². The Labute approximate surface area is 342 Å². The number of pyridine rings is 1. The Morgan fingerprint density at radius 1 is 0.898 bits per heavy atom. The fraction of sp³-hybridized carbons (Fsp3) is 0.465. The number of nitrogens with zero attached hydrogens (tertiary/aromatic N) is 8. The highest BCUT2D eigenvalue weighted by molar-refractivity contribution is 5.99. The van der Waals surface area contributed by atoms with Gasteiger partial charge in [0.05, 0.1) is 12.2 Å². The number of anilines is 4. The number of aromatic nitrogens is 3. The Bertz CT molecular complexity index is 2340. The van der Waals surface area contributed by atoms with Gasteiger partial charge in [-0.15, -0.1) is 0 Å². The van der Waals surface area contributed by atoms with Gasteiger partial charge in [0.2, 0.25) is 11.8 Å². The Morgan fingerprint density at radius 2 is 1.69 bits per heavy atom. The summed E-state index contributed by atoms with van der Waals surface area (Å²) in [5, 5.41) is 7.06. The first-order chi connectivity index (χ1) is 28.6. The highest BCUT2D eigenvalue weighted by Gasteiger charge is 2.35. The number of benzene rings is 2. The number of carbonyl (C=O) groups excluding carboxylic acids is 4. The Kier molecular flexibility index (Phi) is 10.4. The summed E-state index contributed by atoms with van der Waals surface area (Å²) in [5.74, 6) is 0.635. The van der Waals surface area contributed by atoms with Gasteiger partial charge in [0.15, 0.2) is 11.5 Å². The number of nitrogens with two attached hydrogens (primary N) is 1. The zero-order valence-corrected chi connectivity index (χ0v) is 33.4. The molecule has 59 heavy (non-hydrogen) atoms. The van der Waals surface area contributed by atoms with Gasteiger partial charge >= 0.3 is 6.03 Å². The number of likely N-dealkylation sites (tertiary alicyclic amines) is 1. The largest absolute Gasteiger partial charge is 0.371 e. The first-order valence-electron chi connectivity index (χ1n) is 20.8. The third-order valence-corrected chi connectivity index (χ3v) is 12.9. The molecule has 7 heterocycles. The van der Waals surface area contributed by atoms with Crippen LogP contribution in [0.4, 0.5) is 27.8 Å². The van der Waals surface area contributed by atoms with E-state index >= 15 is 0 Å². The molecule has 5 aliphatic rings. The number of fused-ring (bicyclic) bond motifs is 1. The van der Waals surface area contributed by atoms with E-state index in [0.717, 1.165) is 94.8 Å². The van der Waals surface area contributed by atoms with Gasteiger partial charge in [0, 0.05) is 88.2 Å². The molecule has 4 aromatic rings. The van der Waals surface area contributed by atoms with Gasteiger partial charge < -0.3 is 40.1 Å². The third-order valence-electron chi connectivity index (χ3n) is 12.9. The van der Waals surface area contributed by atoms with Crippen LogP contribution < -0.4 is 31.7 Å². The van der Waals surface area contributed by atoms with Crippen molar-refractivity contribution in [2.75, 3.05) is 81.1 Å². The van der Waals surface area contributed by atoms with Gasteiger partial charge in [0.25, 0.3) is 11.5 Å². The van der Waals surface area contributed by atoms with Gasteiger partial charge in [0.1, 0.15) is 11.9 Å². The second-order valence-electron chi connectivity index (χ2n) is 16.8. The number of primary amides is 1. The van der Waals surface area contributed by atoms with Crippen LogP contribution in [-0.4, -0.2) is 125 Å². The minimum atomic E-state index is -0.670. The average molecular weight is 802 g/mol. The predicted molar refractivity (Wildman–Crippen MR) is 224 cm³/mol. The van der Waals surface area contributed by atoms with Crippen molar-refractivity contribution >= 4 is 57.5 Å². The predicted octanol–water partition coefficient (Wildman–Crippen LogP) is 3.26. The molecule has 16 heteroatoms. The van der Waals surface area contributed by atoms with Gasteiger partial charge in [-0.1, -0.05) is 12.1 Å². The smallest absolute Gasteiger partial charge is 0.320 e. The molecule has 5 fully saturated rings. The minimum Gasteiger partial charge on any atom is -0.371 e. The molecule has 9 rings (SSSR count). The number of rotatable bonds is 10. The molecule has 0 aliphatic carbocycles. The van der Waals surface area contributed by atoms with Crippen molar-refractivity contribution in [1.29, 1.82) is 0 Å². The number of piperidine rings is 3. The fourth-order valence-electron chi connectivity index (χ4n) is 9.55. The maximum Gasteiger partial charge on any atom is 0.320 e. The molecule has 1 unspecified atom stereocenters. The SMILES string of the molecule is CN1CCN([C@@H]2CCCN(c3cnc(C(N)=O)c(Nc4ccc(C5CCN(CC6CN(c7ccc8c(=O)n(C9CCC(=O)NC9=O)ccc8c7)C6)CC5)cc4)n3)C2)C1=O. The standard InChI is InChI=1S/C43H51N11O5/c1-49-19-20-53(43(49)59)33-3-2-15-51(26-33)36-22-45-38(39(44)56)40(47-36)46-31-6-4-28(5-7-31)29-12-16-50(17-13-29)23-27-24-52(25-27)32-8-9-34-30(21-32)14-18-54(42(34)58)35-10-11-37(55)48-41(35)57/h4-9,14,18,21-22,27,29,33,35H,2-3,10-13,15-17,19-20,23-26H2,1H3,(H2,44,56)(H,46,47)(H,48,55,57)/t33-,35?/m1/s1. The molecule has 0 bridgehead atoms. The van der Waals surface area contributed by atoms with Crippen LogP contribution in [0.2, 0.25) is 0 Å². The number of urea groups is 1. The van der Waals surface area contributed by atoms with Gasteiger partial charge in [-0.25, -0.2) is 14.8 Å². The maximum absolute atomic E-state index is 13.3. The van der Waals surface area contributed by atoms with E-state index in [0.29, 0.717) is 41.8 Å². The molecule has 16 nitrogen and oxygen atoms in total. The molecule has 2 aromatic carbocycles. The summed E-state index contributed by atoms with van der Waals surface area (Å²) in [6.45, 7) is 7.98. The van der Waals surface area contributed by atoms with Gasteiger partial charge in [-0.3, -0.25) is 24.5 Å². The van der Waals surface area contributed by atoms with E-state index < -0.39 is 17.9 Å². The molecule has 5 aliphatic heterocycles. The topological polar surface area (TPSA) is 182 Å². The number of imide groups is 1. The lowest BCUT2D eigenvalue weighted by atomic mass is 9.88. The Morgan fingerprint density at radius 3 is 2.42 bits per heavy atom. The molecule has 308 valence electrons. The number of nitrogens with one attached hydrogen (secondary N) is 2. The quantitative estimate of drug-likeness (QED) is 0.200. The van der Waals surface area contributed by atoms with E-state index in [9.17, 15) is 24.0 Å². The summed E-state index contributed by atoms with van der Waals surface area (Å²) >= 11 is 0. The maximum atomic E-state index is 13.3. The van der Waals surface area contributed by atoms with E-state index in [-0.39, 0.29) is 35.7 Å². The van der Waals surface area contributed by atoms with Crippen molar-refractivity contribution in [3.8, 4) is 0 Å². The Balaban J connectivity index is 0.763. The van der Waals surface area contributed by atoms with Gasteiger partial charge in [-0.2, -0.15) is 0 Å². The second kappa shape index (κ2) is 16.0. The summed E-state index contributed by atoms with van der Waals surface area (Å²) in [7, 11) is 1.84. The van der Waals surface area contributed by atoms with Crippen molar-refractivity contribution in [2.24, 2.45) is 11.7 Å². The summed E-state index contributed by atoms with van der Waals surface area (Å²) in [6.07, 6.45) is 7.85. The van der Waals surface area contributed by atoms with Crippen LogP contribution in [0.25, 0.3) is 10.8 Å². The molecule has 0 spiro atoms. The molecule has 2 atom stereocenters. The van der Waals surface area contributed by atoms with Crippen LogP contribution in [0.5, 0.6) is 0 Å². The second-order valence-corrected chi connectivity index (χ2v) is 16.8. The lowest BCUT2D eigenvalue weighted by molar-refractivity contribution is -0.135. The summed E-state index contributed by atoms with van der Waals surface area (Å²) < 4.78 is 1.45. The van der Waals surface area contributed by atoms with Crippen LogP contribution in [0, 0.1) is 5.92 Å². The van der Waals surface area contributed by atoms with Crippen LogP contribution in [0.3, 0.4) is 0 Å². The van der Waals surface area contributed by atoms with E-state index in [4.69, 9.17) is 10.7 Å².